The van der Waals surface area contributed by atoms with Gasteiger partial charge < -0.3 is 14.2 Å². The van der Waals surface area contributed by atoms with Crippen LogP contribution in [-0.2, 0) is 23.8 Å². The van der Waals surface area contributed by atoms with Crippen molar-refractivity contribution in [3.63, 3.8) is 0 Å². The van der Waals surface area contributed by atoms with Crippen LogP contribution < -0.4 is 0 Å². The topological polar surface area (TPSA) is 61.8 Å². The molecular formula is C12H18O5. The maximum Gasteiger partial charge on any atom is 0.317 e. The predicted octanol–water partition coefficient (Wildman–Crippen LogP) is 0.618. The number of esters is 2. The number of hydrogen-bond donors (Lipinski definition) is 0. The average molecular weight is 242 g/mol. The highest BCUT2D eigenvalue weighted by molar-refractivity contribution is 5.97. The average Bonchev–Trinajstić information content (AvgIpc) is 2.88. The van der Waals surface area contributed by atoms with E-state index in [9.17, 15) is 9.59 Å². The second kappa shape index (κ2) is 4.07. The van der Waals surface area contributed by atoms with Gasteiger partial charge in [0.25, 0.3) is 0 Å². The molecule has 0 radical (unpaired) electrons. The van der Waals surface area contributed by atoms with Crippen LogP contribution >= 0.6 is 0 Å². The van der Waals surface area contributed by atoms with E-state index in [0.29, 0.717) is 0 Å². The zero-order chi connectivity index (χ0) is 11.4. The molecule has 2 saturated carbocycles. The Bertz CT molecular complexity index is 321. The zero-order valence-corrected chi connectivity index (χ0v) is 9.21. The van der Waals surface area contributed by atoms with E-state index in [1.165, 1.54) is 0 Å². The van der Waals surface area contributed by atoms with E-state index in [1.54, 1.807) is 14.2 Å². The van der Waals surface area contributed by atoms with Crippen molar-refractivity contribution in [3.8, 4) is 0 Å². The van der Waals surface area contributed by atoms with Gasteiger partial charge in [0, 0.05) is 26.1 Å². The molecule has 1 aliphatic heterocycles. The highest BCUT2D eigenvalue weighted by atomic mass is 16.6. The van der Waals surface area contributed by atoms with Crippen LogP contribution in [0.3, 0.4) is 0 Å². The number of methoxy groups -OCH3 is 2. The van der Waals surface area contributed by atoms with Gasteiger partial charge in [-0.15, -0.1) is 0 Å². The molecule has 2 bridgehead atoms. The Morgan fingerprint density at radius 1 is 1.00 bits per heavy atom. The van der Waals surface area contributed by atoms with Crippen molar-refractivity contribution in [1.29, 1.82) is 0 Å². The summed E-state index contributed by atoms with van der Waals surface area (Å²) >= 11 is 0. The summed E-state index contributed by atoms with van der Waals surface area (Å²) in [6.07, 6.45) is 0.650. The molecule has 0 aromatic rings. The van der Waals surface area contributed by atoms with Crippen LogP contribution in [0.1, 0.15) is 13.8 Å². The molecule has 5 heteroatoms. The first-order valence-electron chi connectivity index (χ1n) is 5.50. The van der Waals surface area contributed by atoms with E-state index in [-0.39, 0.29) is 55.2 Å². The Hall–Kier alpha value is -0.940. The molecule has 6 unspecified atom stereocenters. The van der Waals surface area contributed by atoms with Gasteiger partial charge in [-0.1, -0.05) is 7.43 Å². The lowest BCUT2D eigenvalue weighted by atomic mass is 9.78. The SMILES string of the molecule is C.COC1C2CC(C1OC)C1C(=O)OC(=O)C21. The molecule has 0 spiro atoms. The summed E-state index contributed by atoms with van der Waals surface area (Å²) in [6, 6.07) is 0. The van der Waals surface area contributed by atoms with Gasteiger partial charge in [-0.05, 0) is 6.42 Å². The minimum absolute atomic E-state index is 0. The quantitative estimate of drug-likeness (QED) is 0.524. The van der Waals surface area contributed by atoms with Crippen molar-refractivity contribution in [2.24, 2.45) is 23.7 Å². The Morgan fingerprint density at radius 3 is 1.76 bits per heavy atom. The smallest absolute Gasteiger partial charge is 0.317 e. The molecular weight excluding hydrogens is 224 g/mol. The number of cyclic esters (lactones) is 2. The molecule has 3 rings (SSSR count). The third-order valence-corrected chi connectivity index (χ3v) is 4.31. The number of fused-ring (bicyclic) bond motifs is 5. The lowest BCUT2D eigenvalue weighted by Crippen LogP contribution is -2.45. The van der Waals surface area contributed by atoms with Crippen LogP contribution in [0.2, 0.25) is 0 Å². The van der Waals surface area contributed by atoms with Gasteiger partial charge in [-0.2, -0.15) is 0 Å². The number of rotatable bonds is 2. The molecule has 0 aromatic carbocycles. The molecule has 6 atom stereocenters. The molecule has 3 fully saturated rings. The lowest BCUT2D eigenvalue weighted by molar-refractivity contribution is -0.155. The van der Waals surface area contributed by atoms with Gasteiger partial charge in [-0.25, -0.2) is 0 Å². The van der Waals surface area contributed by atoms with Crippen molar-refractivity contribution >= 4 is 11.9 Å². The monoisotopic (exact) mass is 242 g/mol. The van der Waals surface area contributed by atoms with E-state index >= 15 is 0 Å². The van der Waals surface area contributed by atoms with Crippen molar-refractivity contribution in [2.75, 3.05) is 14.2 Å². The predicted molar refractivity (Wildman–Crippen MR) is 58.0 cm³/mol. The molecule has 0 amide bonds. The first kappa shape index (κ1) is 12.5. The summed E-state index contributed by atoms with van der Waals surface area (Å²) in [5.74, 6) is -1.20. The summed E-state index contributed by atoms with van der Waals surface area (Å²) < 4.78 is 15.5. The Balaban J connectivity index is 0.00000108. The second-order valence-corrected chi connectivity index (χ2v) is 4.76. The fraction of sp³-hybridized carbons (Fsp3) is 0.833. The van der Waals surface area contributed by atoms with Gasteiger partial charge in [0.15, 0.2) is 0 Å². The van der Waals surface area contributed by atoms with E-state index in [4.69, 9.17) is 14.2 Å². The van der Waals surface area contributed by atoms with Crippen LogP contribution in [0.5, 0.6) is 0 Å². The van der Waals surface area contributed by atoms with Crippen molar-refractivity contribution in [2.45, 2.75) is 26.1 Å². The van der Waals surface area contributed by atoms with Gasteiger partial charge in [0.05, 0.1) is 24.0 Å². The number of hydrogen-bond acceptors (Lipinski definition) is 5. The van der Waals surface area contributed by atoms with Crippen LogP contribution in [-0.4, -0.2) is 38.4 Å². The van der Waals surface area contributed by atoms with Crippen molar-refractivity contribution in [1.82, 2.24) is 0 Å². The molecule has 1 saturated heterocycles. The third-order valence-electron chi connectivity index (χ3n) is 4.31. The first-order valence-corrected chi connectivity index (χ1v) is 5.50. The summed E-state index contributed by atoms with van der Waals surface area (Å²) in [5.41, 5.74) is 0. The van der Waals surface area contributed by atoms with E-state index < -0.39 is 0 Å². The maximum absolute atomic E-state index is 11.6. The molecule has 5 nitrogen and oxygen atoms in total. The number of carbonyl (C=O) groups excluding carboxylic acids is 2. The number of carbonyl (C=O) groups is 2. The molecule has 2 aliphatic carbocycles. The summed E-state index contributed by atoms with van der Waals surface area (Å²) in [6.45, 7) is 0. The van der Waals surface area contributed by atoms with Crippen molar-refractivity contribution < 1.29 is 23.8 Å². The highest BCUT2D eigenvalue weighted by Crippen LogP contribution is 2.57. The molecule has 17 heavy (non-hydrogen) atoms. The fourth-order valence-corrected chi connectivity index (χ4v) is 3.80. The summed E-state index contributed by atoms with van der Waals surface area (Å²) in [7, 11) is 3.24. The Kier molecular flexibility index (Phi) is 2.99. The largest absolute Gasteiger partial charge is 0.393 e. The van der Waals surface area contributed by atoms with E-state index in [2.05, 4.69) is 0 Å². The molecule has 0 N–H and O–H groups in total. The normalized spacial score (nSPS) is 46.7. The van der Waals surface area contributed by atoms with E-state index in [1.807, 2.05) is 0 Å². The van der Waals surface area contributed by atoms with Crippen LogP contribution in [0.15, 0.2) is 0 Å². The van der Waals surface area contributed by atoms with Gasteiger partial charge in [0.1, 0.15) is 0 Å². The standard InChI is InChI=1S/C11H14O5.CH4/c1-14-8-4-3-5(9(8)15-2)7-6(4)10(12)16-11(7)13;/h4-9H,3H2,1-2H3;1H4. The van der Waals surface area contributed by atoms with Gasteiger partial charge in [0.2, 0.25) is 0 Å². The molecule has 96 valence electrons. The maximum atomic E-state index is 11.6. The first-order chi connectivity index (χ1) is 7.69. The second-order valence-electron chi connectivity index (χ2n) is 4.76. The van der Waals surface area contributed by atoms with E-state index in [0.717, 1.165) is 6.42 Å². The minimum Gasteiger partial charge on any atom is -0.393 e. The fourth-order valence-electron chi connectivity index (χ4n) is 3.80. The lowest BCUT2D eigenvalue weighted by Gasteiger charge is -2.33. The van der Waals surface area contributed by atoms with Gasteiger partial charge >= 0.3 is 11.9 Å². The van der Waals surface area contributed by atoms with Crippen molar-refractivity contribution in [3.05, 3.63) is 0 Å². The number of ether oxygens (including phenoxy) is 3. The van der Waals surface area contributed by atoms with Gasteiger partial charge in [-0.3, -0.25) is 9.59 Å². The molecule has 3 aliphatic rings. The highest BCUT2D eigenvalue weighted by Gasteiger charge is 2.67. The van der Waals surface area contributed by atoms with Crippen LogP contribution in [0.4, 0.5) is 0 Å². The summed E-state index contributed by atoms with van der Waals surface area (Å²) in [5, 5.41) is 0. The zero-order valence-electron chi connectivity index (χ0n) is 9.21. The van der Waals surface area contributed by atoms with Crippen LogP contribution in [0, 0.1) is 23.7 Å². The molecule has 1 heterocycles. The molecule has 0 aromatic heterocycles. The Morgan fingerprint density at radius 2 is 1.41 bits per heavy atom. The van der Waals surface area contributed by atoms with Crippen LogP contribution in [0.25, 0.3) is 0 Å². The third kappa shape index (κ3) is 1.39. The Labute approximate surface area is 100 Å². The minimum atomic E-state index is -0.376. The summed E-state index contributed by atoms with van der Waals surface area (Å²) in [4.78, 5) is 23.1.